The second-order valence-corrected chi connectivity index (χ2v) is 31.6. The second-order valence-electron chi connectivity index (χ2n) is 31.2. The topological polar surface area (TPSA) is 465 Å². The maximum absolute atomic E-state index is 15.5. The zero-order valence-electron chi connectivity index (χ0n) is 69.3. The van der Waals surface area contributed by atoms with E-state index >= 15 is 24.0 Å². The normalized spacial score (nSPS) is 15.9. The van der Waals surface area contributed by atoms with Gasteiger partial charge in [-0.3, -0.25) is 82.4 Å². The average Bonchev–Trinajstić information content (AvgIpc) is 1.76. The highest BCUT2D eigenvalue weighted by Crippen LogP contribution is 2.24. The molecule has 14 N–H and O–H groups in total. The molecule has 0 bridgehead atoms. The fourth-order valence-electron chi connectivity index (χ4n) is 14.2. The number of aliphatic hydroxyl groups is 1. The first-order valence-electron chi connectivity index (χ1n) is 41.0. The van der Waals surface area contributed by atoms with Crippen molar-refractivity contribution in [2.75, 3.05) is 46.4 Å². The predicted octanol–water partition coefficient (Wildman–Crippen LogP) is 2.74. The number of fused-ring (bicyclic) bond motifs is 1. The van der Waals surface area contributed by atoms with Gasteiger partial charge in [-0.25, -0.2) is 0 Å². The lowest BCUT2D eigenvalue weighted by Crippen LogP contribution is -2.62. The Morgan fingerprint density at radius 2 is 1.12 bits per heavy atom. The van der Waals surface area contributed by atoms with E-state index in [-0.39, 0.29) is 101 Å². The van der Waals surface area contributed by atoms with E-state index in [2.05, 4.69) is 73.8 Å². The number of ether oxygens (including phenoxy) is 1. The van der Waals surface area contributed by atoms with Crippen LogP contribution in [-0.4, -0.2) is 232 Å². The molecule has 8 rings (SSSR count). The molecule has 34 heteroatoms. The van der Waals surface area contributed by atoms with Gasteiger partial charge in [0, 0.05) is 95.2 Å². The third-order valence-corrected chi connectivity index (χ3v) is 20.9. The Labute approximate surface area is 708 Å². The summed E-state index contributed by atoms with van der Waals surface area (Å²) in [5, 5.41) is 56.6. The van der Waals surface area contributed by atoms with Gasteiger partial charge in [0.1, 0.15) is 72.3 Å². The van der Waals surface area contributed by atoms with Crippen molar-refractivity contribution in [1.29, 1.82) is 0 Å². The fraction of sp³-hybridized carbons (Fsp3) is 0.471. The zero-order valence-corrected chi connectivity index (χ0v) is 70.1. The first kappa shape index (κ1) is 94.7. The number of aliphatic hydroxyl groups excluding tert-OH is 1. The van der Waals surface area contributed by atoms with Crippen molar-refractivity contribution in [2.45, 2.75) is 210 Å². The van der Waals surface area contributed by atoms with Gasteiger partial charge >= 0.3 is 0 Å². The first-order valence-corrected chi connectivity index (χ1v) is 41.4. The van der Waals surface area contributed by atoms with Gasteiger partial charge in [-0.15, -0.1) is 0 Å². The molecular formula is C87H113ClN16O17. The van der Waals surface area contributed by atoms with Gasteiger partial charge in [0.2, 0.25) is 76.8 Å². The zero-order chi connectivity index (χ0) is 87.7. The summed E-state index contributed by atoms with van der Waals surface area (Å²) in [4.78, 5) is 210. The number of unbranched alkanes of at least 4 members (excludes halogenated alkanes) is 2. The number of benzene rings is 4. The molecule has 0 spiro atoms. The number of rotatable bonds is 45. The summed E-state index contributed by atoms with van der Waals surface area (Å²) in [5.41, 5.74) is 2.21. The summed E-state index contributed by atoms with van der Waals surface area (Å²) in [6, 6.07) is 17.4. The maximum Gasteiger partial charge on any atom is 0.252 e. The molecule has 0 aliphatic carbocycles. The minimum Gasteiger partial charge on any atom is -0.508 e. The number of amides is 14. The van der Waals surface area contributed by atoms with E-state index in [1.807, 2.05) is 50.2 Å². The molecule has 2 saturated heterocycles. The third kappa shape index (κ3) is 30.4. The Morgan fingerprint density at radius 3 is 1.74 bits per heavy atom. The maximum atomic E-state index is 15.5. The number of hydrogen-bond donors (Lipinski definition) is 14. The molecule has 0 radical (unpaired) electrons. The minimum absolute atomic E-state index is 0.00496. The highest BCUT2D eigenvalue weighted by atomic mass is 35.5. The monoisotopic (exact) mass is 1690 g/mol. The highest BCUT2D eigenvalue weighted by molar-refractivity contribution is 6.30. The number of imide groups is 1. The summed E-state index contributed by atoms with van der Waals surface area (Å²) < 4.78 is 5.49. The number of carbonyl (C=O) groups excluding carboxylic acids is 14. The molecule has 650 valence electrons. The summed E-state index contributed by atoms with van der Waals surface area (Å²) in [5.74, 6) is -11.1. The summed E-state index contributed by atoms with van der Waals surface area (Å²) in [6.07, 6.45) is 7.33. The van der Waals surface area contributed by atoms with Crippen LogP contribution in [0.3, 0.4) is 0 Å². The van der Waals surface area contributed by atoms with Crippen LogP contribution in [0.25, 0.3) is 10.8 Å². The van der Waals surface area contributed by atoms with Gasteiger partial charge in [-0.2, -0.15) is 0 Å². The van der Waals surface area contributed by atoms with Crippen LogP contribution >= 0.6 is 11.6 Å². The molecule has 14 amide bonds. The molecule has 2 aliphatic rings. The highest BCUT2D eigenvalue weighted by Gasteiger charge is 2.42. The summed E-state index contributed by atoms with van der Waals surface area (Å²) >= 11 is 6.32. The molecule has 0 saturated carbocycles. The van der Waals surface area contributed by atoms with Crippen molar-refractivity contribution in [3.05, 3.63) is 173 Å². The van der Waals surface area contributed by atoms with E-state index in [9.17, 15) is 53.4 Å². The van der Waals surface area contributed by atoms with E-state index in [1.165, 1.54) is 67.9 Å². The molecule has 2 aromatic heterocycles. The van der Waals surface area contributed by atoms with Crippen LogP contribution in [0.2, 0.25) is 5.02 Å². The fourth-order valence-corrected chi connectivity index (χ4v) is 14.3. The Morgan fingerprint density at radius 1 is 0.545 bits per heavy atom. The molecular weight excluding hydrogens is 1580 g/mol. The van der Waals surface area contributed by atoms with E-state index in [0.29, 0.717) is 72.5 Å². The second kappa shape index (κ2) is 47.8. The van der Waals surface area contributed by atoms with Gasteiger partial charge in [0.05, 0.1) is 18.7 Å². The van der Waals surface area contributed by atoms with Crippen LogP contribution in [-0.2, 0) is 92.7 Å². The quantitative estimate of drug-likeness (QED) is 0.0244. The van der Waals surface area contributed by atoms with Crippen molar-refractivity contribution in [3.8, 4) is 5.75 Å². The summed E-state index contributed by atoms with van der Waals surface area (Å²) in [6.45, 7) is 9.70. The molecule has 11 atom stereocenters. The largest absolute Gasteiger partial charge is 0.508 e. The number of phenolic OH excluding ortho intramolecular Hbond substituents is 1. The van der Waals surface area contributed by atoms with Crippen LogP contribution in [0.4, 0.5) is 0 Å². The number of carbonyl (C=O) groups is 14. The standard InChI is InChI=1S/C87H113ClN16O17/c1-52(2)42-67(79(112)98-66(23-11-12-38-91-53(3)4)87(120)104-40-16-24-72(104)83(116)94-54(5)76(109)95-55(6)106)99-78(111)65(22-10-13-39-92-77(110)62-21-15-37-90-49-62)97-84(117)73(47-57-29-34-64(107)35-30-57)103(7)86(119)71(51-105)102-82(115)70(46-59-18-14-36-89-48-59)101-81(114)69(44-56-27-32-63(88)33-28-56)100-80(113)68(45-58-26-31-60-19-8-9-20-61(60)43-58)96-75(108)50-93-85(118)74-25-17-41-121-74/h8-9,14-15,18-21,26-37,43,48-49,52-54,65-74,91,105,107H,10-13,16-17,22-25,38-42,44-47,50-51H2,1-7H3,(H,92,110)(H,93,118)(H,94,116)(H,96,108)(H,97,117)(H,98,112)(H,99,111)(H,100,113)(H,101,114)(H,102,115)(H,95,106,109)/t54-,65-,66+,67+,68-,69-,70-,71+,72+,73+,74?/m1/s1. The summed E-state index contributed by atoms with van der Waals surface area (Å²) in [7, 11) is 1.23. The van der Waals surface area contributed by atoms with Crippen LogP contribution < -0.4 is 63.8 Å². The van der Waals surface area contributed by atoms with Gasteiger partial charge in [-0.05, 0) is 166 Å². The van der Waals surface area contributed by atoms with Crippen LogP contribution in [0.15, 0.2) is 140 Å². The number of halogens is 1. The lowest BCUT2D eigenvalue weighted by atomic mass is 9.99. The number of phenols is 1. The minimum atomic E-state index is -1.87. The van der Waals surface area contributed by atoms with E-state index in [0.717, 1.165) is 22.6 Å². The van der Waals surface area contributed by atoms with Gasteiger partial charge in [-0.1, -0.05) is 112 Å². The Kier molecular flexibility index (Phi) is 37.4. The lowest BCUT2D eigenvalue weighted by molar-refractivity contribution is -0.144. The van der Waals surface area contributed by atoms with E-state index < -0.39 is 162 Å². The molecule has 2 fully saturated rings. The number of likely N-dealkylation sites (N-methyl/N-ethyl adjacent to an activating group) is 1. The smallest absolute Gasteiger partial charge is 0.252 e. The molecule has 121 heavy (non-hydrogen) atoms. The van der Waals surface area contributed by atoms with E-state index in [1.54, 1.807) is 68.4 Å². The van der Waals surface area contributed by atoms with Crippen molar-refractivity contribution < 1.29 is 82.1 Å². The number of likely N-dealkylation sites (tertiary alicyclic amines) is 1. The molecule has 6 aromatic rings. The number of pyridine rings is 2. The number of nitrogens with zero attached hydrogens (tertiary/aromatic N) is 4. The SMILES string of the molecule is CC(=O)NC(=O)[C@@H](C)NC(=O)[C@@H]1CCCN1C(=O)[C@H](CCCCNC(C)C)NC(=O)[C@H](CC(C)C)NC(=O)[C@@H](CCCCNC(=O)c1cccnc1)NC(=O)[C@H](Cc1ccc(O)cc1)N(C)C(=O)[C@H](CO)NC(=O)[C@@H](Cc1cccnc1)NC(=O)[C@@H](Cc1ccc(Cl)cc1)NC(=O)[C@@H](Cc1ccc2ccccc2c1)NC(=O)CNC(=O)C1CCCO1. The number of aromatic nitrogens is 2. The van der Waals surface area contributed by atoms with Crippen molar-refractivity contribution >= 4 is 105 Å². The molecule has 4 aromatic carbocycles. The predicted molar refractivity (Wildman–Crippen MR) is 450 cm³/mol. The van der Waals surface area contributed by atoms with Crippen molar-refractivity contribution in [2.24, 2.45) is 5.92 Å². The van der Waals surface area contributed by atoms with Crippen molar-refractivity contribution in [1.82, 2.24) is 83.6 Å². The average molecular weight is 1690 g/mol. The van der Waals surface area contributed by atoms with Gasteiger partial charge in [0.15, 0.2) is 0 Å². The van der Waals surface area contributed by atoms with E-state index in [4.69, 9.17) is 16.3 Å². The molecule has 2 aliphatic heterocycles. The van der Waals surface area contributed by atoms with Gasteiger partial charge < -0.3 is 83.2 Å². The molecule has 1 unspecified atom stereocenters. The first-order chi connectivity index (χ1) is 57.9. The third-order valence-electron chi connectivity index (χ3n) is 20.7. The number of aromatic hydroxyl groups is 1. The lowest BCUT2D eigenvalue weighted by Gasteiger charge is -2.33. The van der Waals surface area contributed by atoms with Crippen LogP contribution in [0, 0.1) is 5.92 Å². The van der Waals surface area contributed by atoms with Crippen LogP contribution in [0.1, 0.15) is 145 Å². The Hall–Kier alpha value is -11.8. The Balaban J connectivity index is 1.06. The Bertz CT molecular complexity index is 4520. The van der Waals surface area contributed by atoms with Gasteiger partial charge in [0.25, 0.3) is 5.91 Å². The van der Waals surface area contributed by atoms with Crippen LogP contribution in [0.5, 0.6) is 5.75 Å². The molecule has 4 heterocycles. The molecule has 33 nitrogen and oxygen atoms in total. The number of hydrogen-bond acceptors (Lipinski definition) is 20. The van der Waals surface area contributed by atoms with Crippen molar-refractivity contribution in [3.63, 3.8) is 0 Å². The number of nitrogens with one attached hydrogen (secondary N) is 12.